The average Bonchev–Trinajstić information content (AvgIpc) is 2.54. The van der Waals surface area contributed by atoms with Crippen LogP contribution < -0.4 is 10.2 Å². The van der Waals surface area contributed by atoms with E-state index in [0.717, 1.165) is 28.9 Å². The Bertz CT molecular complexity index is 763. The molecular weight excluding hydrogens is 288 g/mol. The van der Waals surface area contributed by atoms with Gasteiger partial charge in [-0.05, 0) is 43.3 Å². The number of aryl methyl sites for hydroxylation is 1. The van der Waals surface area contributed by atoms with Gasteiger partial charge in [0, 0.05) is 19.2 Å². The van der Waals surface area contributed by atoms with Gasteiger partial charge in [-0.2, -0.15) is 0 Å². The van der Waals surface area contributed by atoms with Crippen LogP contribution in [0.2, 0.25) is 0 Å². The summed E-state index contributed by atoms with van der Waals surface area (Å²) in [4.78, 5) is 13.6. The number of ether oxygens (including phenoxy) is 1. The highest BCUT2D eigenvalue weighted by Gasteiger charge is 2.26. The van der Waals surface area contributed by atoms with E-state index in [9.17, 15) is 4.79 Å². The molecule has 0 saturated heterocycles. The zero-order valence-corrected chi connectivity index (χ0v) is 13.6. The Hall–Kier alpha value is -2.59. The minimum absolute atomic E-state index is 0.362. The molecule has 1 amide bonds. The fourth-order valence-electron chi connectivity index (χ4n) is 2.65. The third kappa shape index (κ3) is 3.12. The van der Waals surface area contributed by atoms with Crippen LogP contribution in [0, 0.1) is 6.92 Å². The molecule has 0 unspecified atom stereocenters. The largest absolute Gasteiger partial charge is 0.419 e. The maximum Gasteiger partial charge on any atom is 0.419 e. The van der Waals surface area contributed by atoms with Gasteiger partial charge in [-0.25, -0.2) is 4.79 Å². The second-order valence-electron chi connectivity index (χ2n) is 5.73. The molecule has 0 bridgehead atoms. The molecule has 0 saturated carbocycles. The Morgan fingerprint density at radius 2 is 1.91 bits per heavy atom. The van der Waals surface area contributed by atoms with Crippen LogP contribution in [0.15, 0.2) is 42.5 Å². The number of benzene rings is 2. The number of hydrogen-bond donors (Lipinski definition) is 1. The van der Waals surface area contributed by atoms with E-state index < -0.39 is 0 Å². The predicted molar refractivity (Wildman–Crippen MR) is 93.1 cm³/mol. The van der Waals surface area contributed by atoms with Gasteiger partial charge in [0.05, 0.1) is 5.69 Å². The van der Waals surface area contributed by atoms with Crippen LogP contribution in [-0.2, 0) is 11.3 Å². The highest BCUT2D eigenvalue weighted by Crippen LogP contribution is 2.35. The van der Waals surface area contributed by atoms with E-state index in [4.69, 9.17) is 4.74 Å². The molecule has 1 heterocycles. The molecule has 2 aromatic rings. The van der Waals surface area contributed by atoms with E-state index in [0.29, 0.717) is 5.76 Å². The van der Waals surface area contributed by atoms with Gasteiger partial charge in [0.2, 0.25) is 0 Å². The highest BCUT2D eigenvalue weighted by atomic mass is 16.6. The third-order valence-corrected chi connectivity index (χ3v) is 3.91. The summed E-state index contributed by atoms with van der Waals surface area (Å²) in [5.41, 5.74) is 5.15. The lowest BCUT2D eigenvalue weighted by atomic mass is 10.0. The molecule has 0 aliphatic carbocycles. The topological polar surface area (TPSA) is 41.6 Å². The van der Waals surface area contributed by atoms with Crippen molar-refractivity contribution >= 4 is 23.6 Å². The summed E-state index contributed by atoms with van der Waals surface area (Å²) in [7, 11) is 3.65. The lowest BCUT2D eigenvalue weighted by molar-refractivity contribution is 0.199. The van der Waals surface area contributed by atoms with Crippen molar-refractivity contribution in [3.63, 3.8) is 0 Å². The van der Waals surface area contributed by atoms with Crippen molar-refractivity contribution in [1.29, 1.82) is 0 Å². The molecule has 118 valence electrons. The molecule has 4 nitrogen and oxygen atoms in total. The van der Waals surface area contributed by atoms with Crippen molar-refractivity contribution in [2.45, 2.75) is 13.5 Å². The lowest BCUT2D eigenvalue weighted by Crippen LogP contribution is -2.31. The number of nitrogens with zero attached hydrogens (tertiary/aromatic N) is 1. The van der Waals surface area contributed by atoms with Gasteiger partial charge in [-0.3, -0.25) is 4.90 Å². The van der Waals surface area contributed by atoms with Crippen LogP contribution in [0.1, 0.15) is 22.3 Å². The maximum atomic E-state index is 12.0. The summed E-state index contributed by atoms with van der Waals surface area (Å²) >= 11 is 0. The zero-order chi connectivity index (χ0) is 16.4. The predicted octanol–water partition coefficient (Wildman–Crippen LogP) is 3.80. The van der Waals surface area contributed by atoms with Crippen LogP contribution in [0.3, 0.4) is 0 Å². The molecule has 0 atom stereocenters. The molecule has 4 heteroatoms. The van der Waals surface area contributed by atoms with E-state index in [1.807, 2.05) is 50.4 Å². The van der Waals surface area contributed by atoms with Gasteiger partial charge < -0.3 is 10.1 Å². The van der Waals surface area contributed by atoms with E-state index in [-0.39, 0.29) is 6.09 Å². The van der Waals surface area contributed by atoms with Gasteiger partial charge in [0.25, 0.3) is 0 Å². The van der Waals surface area contributed by atoms with Crippen LogP contribution >= 0.6 is 0 Å². The fourth-order valence-corrected chi connectivity index (χ4v) is 2.65. The second-order valence-corrected chi connectivity index (χ2v) is 5.73. The molecular formula is C19H20N2O2. The SMILES string of the molecule is CNCc1ccc(/C=C2\OC(=O)N(C)c3ccc(C)cc32)cc1. The van der Waals surface area contributed by atoms with E-state index >= 15 is 0 Å². The first-order valence-electron chi connectivity index (χ1n) is 7.60. The molecule has 1 N–H and O–H groups in total. The smallest absolute Gasteiger partial charge is 0.409 e. The number of carbonyl (C=O) groups is 1. The fraction of sp³-hybridized carbons (Fsp3) is 0.211. The molecule has 23 heavy (non-hydrogen) atoms. The lowest BCUT2D eigenvalue weighted by Gasteiger charge is -2.27. The molecule has 0 aromatic heterocycles. The molecule has 0 fully saturated rings. The summed E-state index contributed by atoms with van der Waals surface area (Å²) in [6.07, 6.45) is 1.55. The van der Waals surface area contributed by atoms with Crippen LogP contribution in [0.5, 0.6) is 0 Å². The van der Waals surface area contributed by atoms with Crippen molar-refractivity contribution in [3.8, 4) is 0 Å². The van der Waals surface area contributed by atoms with Crippen molar-refractivity contribution in [3.05, 3.63) is 64.7 Å². The summed E-state index contributed by atoms with van der Waals surface area (Å²) < 4.78 is 5.50. The minimum Gasteiger partial charge on any atom is -0.409 e. The Kier molecular flexibility index (Phi) is 4.17. The standard InChI is InChI=1S/C19H20N2O2/c1-13-4-9-17-16(10-13)18(23-19(22)21(17)3)11-14-5-7-15(8-6-14)12-20-2/h4-11,20H,12H2,1-3H3/b18-11-. The molecule has 1 aliphatic heterocycles. The van der Waals surface area contributed by atoms with Gasteiger partial charge in [-0.15, -0.1) is 0 Å². The molecule has 0 radical (unpaired) electrons. The van der Waals surface area contributed by atoms with Gasteiger partial charge in [-0.1, -0.05) is 35.9 Å². The maximum absolute atomic E-state index is 12.0. The van der Waals surface area contributed by atoms with Crippen LogP contribution in [0.4, 0.5) is 10.5 Å². The van der Waals surface area contributed by atoms with E-state index in [1.54, 1.807) is 7.05 Å². The summed E-state index contributed by atoms with van der Waals surface area (Å²) in [6.45, 7) is 2.86. The van der Waals surface area contributed by atoms with Gasteiger partial charge >= 0.3 is 6.09 Å². The van der Waals surface area contributed by atoms with E-state index in [1.165, 1.54) is 10.5 Å². The summed E-state index contributed by atoms with van der Waals surface area (Å²) in [6, 6.07) is 14.2. The Morgan fingerprint density at radius 3 is 2.61 bits per heavy atom. The number of rotatable bonds is 3. The summed E-state index contributed by atoms with van der Waals surface area (Å²) in [5.74, 6) is 0.591. The third-order valence-electron chi connectivity index (χ3n) is 3.91. The number of fused-ring (bicyclic) bond motifs is 1. The Morgan fingerprint density at radius 1 is 1.17 bits per heavy atom. The van der Waals surface area contributed by atoms with Crippen LogP contribution in [0.25, 0.3) is 11.8 Å². The molecule has 0 spiro atoms. The first kappa shape index (κ1) is 15.3. The number of cyclic esters (lactones) is 1. The molecule has 3 rings (SSSR count). The van der Waals surface area contributed by atoms with Gasteiger partial charge in [0.1, 0.15) is 5.76 Å². The Balaban J connectivity index is 2.00. The quantitative estimate of drug-likeness (QED) is 0.937. The molecule has 2 aromatic carbocycles. The average molecular weight is 308 g/mol. The number of hydrogen-bond acceptors (Lipinski definition) is 3. The number of nitrogens with one attached hydrogen (secondary N) is 1. The van der Waals surface area contributed by atoms with Gasteiger partial charge in [0.15, 0.2) is 0 Å². The van der Waals surface area contributed by atoms with E-state index in [2.05, 4.69) is 17.4 Å². The van der Waals surface area contributed by atoms with Crippen molar-refractivity contribution in [2.75, 3.05) is 19.0 Å². The number of anilines is 1. The number of carbonyl (C=O) groups excluding carboxylic acids is 1. The monoisotopic (exact) mass is 308 g/mol. The molecule has 1 aliphatic rings. The van der Waals surface area contributed by atoms with Crippen LogP contribution in [-0.4, -0.2) is 20.2 Å². The van der Waals surface area contributed by atoms with Crippen molar-refractivity contribution in [1.82, 2.24) is 5.32 Å². The van der Waals surface area contributed by atoms with Crippen molar-refractivity contribution in [2.24, 2.45) is 0 Å². The first-order valence-corrected chi connectivity index (χ1v) is 7.60. The Labute approximate surface area is 136 Å². The summed E-state index contributed by atoms with van der Waals surface area (Å²) in [5, 5.41) is 3.12. The normalized spacial score (nSPS) is 15.5. The first-order chi connectivity index (χ1) is 11.1. The zero-order valence-electron chi connectivity index (χ0n) is 13.6. The second kappa shape index (κ2) is 6.26. The van der Waals surface area contributed by atoms with Crippen molar-refractivity contribution < 1.29 is 9.53 Å². The number of amides is 1. The minimum atomic E-state index is -0.362. The highest BCUT2D eigenvalue weighted by molar-refractivity contribution is 6.01.